The first kappa shape index (κ1) is 30.6. The van der Waals surface area contributed by atoms with E-state index in [1.807, 2.05) is 25.1 Å². The molecule has 4 heterocycles. The van der Waals surface area contributed by atoms with Gasteiger partial charge in [0.25, 0.3) is 0 Å². The van der Waals surface area contributed by atoms with Crippen LogP contribution in [0.2, 0.25) is 0 Å². The molecule has 4 aliphatic heterocycles. The van der Waals surface area contributed by atoms with Crippen molar-refractivity contribution in [3.05, 3.63) is 71.8 Å². The van der Waals surface area contributed by atoms with Gasteiger partial charge in [0.1, 0.15) is 11.7 Å². The minimum Gasteiger partial charge on any atom is -0.504 e. The van der Waals surface area contributed by atoms with Gasteiger partial charge in [0.2, 0.25) is 0 Å². The van der Waals surface area contributed by atoms with Crippen molar-refractivity contribution in [3.8, 4) is 23.0 Å². The molecule has 2 spiro atoms. The number of aliphatic hydroxyl groups is 3. The lowest BCUT2D eigenvalue weighted by molar-refractivity contribution is -0.236. The van der Waals surface area contributed by atoms with E-state index in [0.717, 1.165) is 16.7 Å². The number of ketones is 1. The number of nitrogens with zero attached hydrogens (tertiary/aromatic N) is 2. The lowest BCUT2D eigenvalue weighted by Gasteiger charge is -2.65. The molecule has 6 unspecified atom stereocenters. The number of Topliss-reactive ketones (excluding diaryl/α,β-unsaturated/α-hetero) is 1. The molecule has 2 saturated carbocycles. The van der Waals surface area contributed by atoms with Crippen molar-refractivity contribution < 1.29 is 39.8 Å². The van der Waals surface area contributed by atoms with Crippen LogP contribution in [0.25, 0.3) is 0 Å². The van der Waals surface area contributed by atoms with Crippen molar-refractivity contribution in [1.82, 2.24) is 9.80 Å². The van der Waals surface area contributed by atoms with Crippen molar-refractivity contribution in [1.29, 1.82) is 0 Å². The zero-order chi connectivity index (χ0) is 33.6. The number of carbonyl (C=O) groups is 1. The Morgan fingerprint density at radius 2 is 1.65 bits per heavy atom. The third-order valence-corrected chi connectivity index (χ3v) is 13.7. The van der Waals surface area contributed by atoms with Gasteiger partial charge in [-0.1, -0.05) is 31.2 Å². The number of carbonyl (C=O) groups excluding carboxylic acids is 1. The highest BCUT2D eigenvalue weighted by molar-refractivity contribution is 5.93. The Balaban J connectivity index is 1.23. The number of benzene rings is 2. The number of fused-ring (bicyclic) bond motifs is 1. The molecule has 48 heavy (non-hydrogen) atoms. The van der Waals surface area contributed by atoms with Gasteiger partial charge in [0.15, 0.2) is 34.9 Å². The number of aromatic hydroxyl groups is 2. The minimum atomic E-state index is -1.83. The van der Waals surface area contributed by atoms with Crippen LogP contribution in [0.5, 0.6) is 23.0 Å². The smallest absolute Gasteiger partial charge is 0.180 e. The maximum Gasteiger partial charge on any atom is 0.180 e. The van der Waals surface area contributed by atoms with Crippen LogP contribution in [-0.2, 0) is 28.5 Å². The number of piperidine rings is 1. The Morgan fingerprint density at radius 1 is 0.917 bits per heavy atom. The van der Waals surface area contributed by atoms with Crippen LogP contribution in [0.4, 0.5) is 0 Å². The highest BCUT2D eigenvalue weighted by Crippen LogP contribution is 2.69. The third kappa shape index (κ3) is 3.25. The molecule has 2 aromatic rings. The fourth-order valence-electron chi connectivity index (χ4n) is 11.9. The summed E-state index contributed by atoms with van der Waals surface area (Å²) < 4.78 is 13.2. The first-order valence-electron chi connectivity index (χ1n) is 17.4. The number of phenols is 2. The summed E-state index contributed by atoms with van der Waals surface area (Å²) in [6.07, 6.45) is 3.13. The Kier molecular flexibility index (Phi) is 6.15. The lowest BCUT2D eigenvalue weighted by Crippen LogP contribution is -2.80. The van der Waals surface area contributed by atoms with Gasteiger partial charge in [-0.15, -0.1) is 13.2 Å². The van der Waals surface area contributed by atoms with E-state index in [4.69, 9.17) is 9.47 Å². The minimum absolute atomic E-state index is 0.0389. The summed E-state index contributed by atoms with van der Waals surface area (Å²) in [5, 5.41) is 61.4. The van der Waals surface area contributed by atoms with Gasteiger partial charge in [0, 0.05) is 49.9 Å². The summed E-state index contributed by atoms with van der Waals surface area (Å²) >= 11 is 0. The summed E-state index contributed by atoms with van der Waals surface area (Å²) in [5.74, 6) is -1.11. The topological polar surface area (TPSA) is 143 Å². The number of β-amino-alcohol motifs (C(OH)–C–C–N with tert-alkyl or cyclic N) is 1. The third-order valence-electron chi connectivity index (χ3n) is 13.7. The van der Waals surface area contributed by atoms with Gasteiger partial charge >= 0.3 is 0 Å². The van der Waals surface area contributed by atoms with Crippen LogP contribution in [-0.4, -0.2) is 109 Å². The molecule has 0 radical (unpaired) electrons. The Bertz CT molecular complexity index is 1800. The number of aryl methyl sites for hydroxylation is 1. The normalized spacial score (nSPS) is 41.9. The summed E-state index contributed by atoms with van der Waals surface area (Å²) in [5.41, 5.74) is -3.65. The molecule has 2 bridgehead atoms. The molecule has 5 N–H and O–H groups in total. The van der Waals surface area contributed by atoms with E-state index in [-0.39, 0.29) is 54.1 Å². The molecule has 3 aliphatic carbocycles. The SMILES string of the molecule is C=CCN1CC23c4c(CC)ccc(O)c4OC2C(O)(C2C[C@@]4(O)C5Cc6ccc(O)c7c6[C@@]4(CCN5CC=C)C(O7)C2=O)CC[C@@]3(O)C1. The lowest BCUT2D eigenvalue weighted by atomic mass is 9.44. The van der Waals surface area contributed by atoms with E-state index in [0.29, 0.717) is 57.5 Å². The first-order valence-corrected chi connectivity index (χ1v) is 17.4. The zero-order valence-electron chi connectivity index (χ0n) is 27.3. The van der Waals surface area contributed by atoms with E-state index < -0.39 is 45.8 Å². The Morgan fingerprint density at radius 3 is 2.38 bits per heavy atom. The van der Waals surface area contributed by atoms with Crippen LogP contribution in [0, 0.1) is 5.92 Å². The molecule has 9 rings (SSSR count). The second-order valence-electron chi connectivity index (χ2n) is 15.5. The molecular weight excluding hydrogens is 612 g/mol. The van der Waals surface area contributed by atoms with E-state index in [1.54, 1.807) is 18.2 Å². The van der Waals surface area contributed by atoms with E-state index in [9.17, 15) is 25.5 Å². The largest absolute Gasteiger partial charge is 0.504 e. The Hall–Kier alpha value is -3.41. The van der Waals surface area contributed by atoms with Gasteiger partial charge < -0.3 is 35.0 Å². The maximum absolute atomic E-state index is 15.1. The van der Waals surface area contributed by atoms with Crippen molar-refractivity contribution >= 4 is 5.78 Å². The quantitative estimate of drug-likeness (QED) is 0.294. The molecule has 9 atom stereocenters. The molecule has 2 saturated heterocycles. The fourth-order valence-corrected chi connectivity index (χ4v) is 11.9. The summed E-state index contributed by atoms with van der Waals surface area (Å²) in [4.78, 5) is 19.4. The predicted molar refractivity (Wildman–Crippen MR) is 175 cm³/mol. The average Bonchev–Trinajstić information content (AvgIpc) is 3.70. The summed E-state index contributed by atoms with van der Waals surface area (Å²) in [6.45, 7) is 12.2. The molecule has 0 amide bonds. The van der Waals surface area contributed by atoms with E-state index >= 15 is 4.79 Å². The van der Waals surface area contributed by atoms with Crippen molar-refractivity contribution in [2.24, 2.45) is 5.92 Å². The number of likely N-dealkylation sites (tertiary alicyclic amines) is 2. The first-order chi connectivity index (χ1) is 22.9. The Labute approximate surface area is 279 Å². The summed E-state index contributed by atoms with van der Waals surface area (Å²) in [7, 11) is 0. The highest BCUT2D eigenvalue weighted by Gasteiger charge is 2.80. The second-order valence-corrected chi connectivity index (χ2v) is 15.5. The molecule has 4 fully saturated rings. The number of rotatable bonds is 6. The number of phenolic OH excluding ortho intramolecular Hbond substituents is 2. The van der Waals surface area contributed by atoms with Crippen LogP contribution in [0.15, 0.2) is 49.6 Å². The number of hydrogen-bond acceptors (Lipinski definition) is 10. The average molecular weight is 657 g/mol. The predicted octanol–water partition coefficient (Wildman–Crippen LogP) is 2.25. The van der Waals surface area contributed by atoms with Crippen LogP contribution in [0.3, 0.4) is 0 Å². The van der Waals surface area contributed by atoms with Crippen molar-refractivity contribution in [2.75, 3.05) is 32.7 Å². The van der Waals surface area contributed by atoms with Crippen LogP contribution in [0.1, 0.15) is 54.9 Å². The van der Waals surface area contributed by atoms with Gasteiger partial charge in [0.05, 0.1) is 27.9 Å². The zero-order valence-corrected chi connectivity index (χ0v) is 27.3. The van der Waals surface area contributed by atoms with Crippen LogP contribution >= 0.6 is 0 Å². The second kappa shape index (κ2) is 9.63. The molecule has 10 heteroatoms. The number of hydrogen-bond donors (Lipinski definition) is 5. The van der Waals surface area contributed by atoms with Gasteiger partial charge in [-0.3, -0.25) is 14.6 Å². The fraction of sp³-hybridized carbons (Fsp3) is 0.553. The monoisotopic (exact) mass is 656 g/mol. The van der Waals surface area contributed by atoms with E-state index in [2.05, 4.69) is 23.0 Å². The molecule has 7 aliphatic rings. The van der Waals surface area contributed by atoms with Gasteiger partial charge in [-0.05, 0) is 61.8 Å². The van der Waals surface area contributed by atoms with Gasteiger partial charge in [-0.25, -0.2) is 0 Å². The summed E-state index contributed by atoms with van der Waals surface area (Å²) in [6, 6.07) is 6.51. The molecule has 0 aromatic heterocycles. The molecule has 254 valence electrons. The molecule has 2 aromatic carbocycles. The van der Waals surface area contributed by atoms with Crippen molar-refractivity contribution in [3.63, 3.8) is 0 Å². The molecule has 10 nitrogen and oxygen atoms in total. The van der Waals surface area contributed by atoms with Gasteiger partial charge in [-0.2, -0.15) is 0 Å². The standard InChI is InChI=1S/C38H44N2O8/c1-4-14-39-19-34(44)11-12-37(45,33-36(34,20-39)27-21(6-3)7-9-25(42)31(27)48-33)23-18-38(46)26-17-22-8-10-24(41)30-28(22)35(38,32(47-30)29(23)43)13-16-40(26)15-5-2/h4-5,7-10,23,26,32-33,41-42,44-46H,1-2,6,11-20H2,3H3/t23?,26?,32?,33?,34-,35+,36?,37?,38-/m1/s1. The number of ether oxygens (including phenoxy) is 2. The van der Waals surface area contributed by atoms with Crippen LogP contribution < -0.4 is 9.47 Å². The van der Waals surface area contributed by atoms with Crippen molar-refractivity contribution in [2.45, 2.75) is 91.3 Å². The molecular formula is C38H44N2O8. The highest BCUT2D eigenvalue weighted by atomic mass is 16.5. The van der Waals surface area contributed by atoms with E-state index in [1.165, 1.54) is 0 Å². The maximum atomic E-state index is 15.1.